The van der Waals surface area contributed by atoms with Gasteiger partial charge in [0.15, 0.2) is 0 Å². The lowest BCUT2D eigenvalue weighted by Gasteiger charge is -2.16. The minimum absolute atomic E-state index is 0.0565. The van der Waals surface area contributed by atoms with Gasteiger partial charge in [-0.25, -0.2) is 4.79 Å². The van der Waals surface area contributed by atoms with Gasteiger partial charge in [0.1, 0.15) is 5.82 Å². The largest absolute Gasteiger partial charge is 0.325 e. The fourth-order valence-electron chi connectivity index (χ4n) is 3.35. The molecule has 1 aliphatic rings. The molecule has 29 heavy (non-hydrogen) atoms. The third kappa shape index (κ3) is 4.29. The molecule has 4 rings (SSSR count). The molecule has 7 nitrogen and oxygen atoms in total. The van der Waals surface area contributed by atoms with Gasteiger partial charge >= 0.3 is 6.03 Å². The third-order valence-corrected chi connectivity index (χ3v) is 4.98. The van der Waals surface area contributed by atoms with Crippen LogP contribution < -0.4 is 10.6 Å². The smallest absolute Gasteiger partial charge is 0.321 e. The molecule has 2 N–H and O–H groups in total. The maximum Gasteiger partial charge on any atom is 0.321 e. The number of aryl methyl sites for hydroxylation is 1. The summed E-state index contributed by atoms with van der Waals surface area (Å²) in [6.45, 7) is 1.63. The molecule has 1 fully saturated rings. The first-order valence-electron chi connectivity index (χ1n) is 9.67. The Labute approximate surface area is 169 Å². The van der Waals surface area contributed by atoms with Crippen molar-refractivity contribution in [2.75, 3.05) is 23.7 Å². The Morgan fingerprint density at radius 1 is 0.931 bits per heavy atom. The van der Waals surface area contributed by atoms with Crippen LogP contribution in [0.2, 0.25) is 0 Å². The minimum Gasteiger partial charge on any atom is -0.325 e. The zero-order valence-corrected chi connectivity index (χ0v) is 16.3. The van der Waals surface area contributed by atoms with E-state index in [1.807, 2.05) is 53.4 Å². The highest BCUT2D eigenvalue weighted by Crippen LogP contribution is 2.24. The van der Waals surface area contributed by atoms with Crippen LogP contribution in [0.3, 0.4) is 0 Å². The van der Waals surface area contributed by atoms with Crippen molar-refractivity contribution in [3.63, 3.8) is 0 Å². The number of anilines is 2. The molecule has 0 unspecified atom stereocenters. The highest BCUT2D eigenvalue weighted by Gasteiger charge is 2.18. The monoisotopic (exact) mass is 389 g/mol. The lowest BCUT2D eigenvalue weighted by molar-refractivity contribution is 0.102. The fourth-order valence-corrected chi connectivity index (χ4v) is 3.35. The molecule has 2 aromatic carbocycles. The number of likely N-dealkylation sites (tertiary alicyclic amines) is 1. The summed E-state index contributed by atoms with van der Waals surface area (Å²) in [4.78, 5) is 26.4. The van der Waals surface area contributed by atoms with Crippen LogP contribution in [0.4, 0.5) is 16.3 Å². The predicted molar refractivity (Wildman–Crippen MR) is 113 cm³/mol. The number of hydrogen-bond donors (Lipinski definition) is 2. The molecule has 0 bridgehead atoms. The lowest BCUT2D eigenvalue weighted by Crippen LogP contribution is -2.32. The summed E-state index contributed by atoms with van der Waals surface area (Å²) in [6, 6.07) is 18.4. The Morgan fingerprint density at radius 3 is 2.31 bits per heavy atom. The van der Waals surface area contributed by atoms with Crippen LogP contribution in [0.25, 0.3) is 11.3 Å². The van der Waals surface area contributed by atoms with Gasteiger partial charge in [-0.1, -0.05) is 30.3 Å². The molecular formula is C22H23N5O2. The van der Waals surface area contributed by atoms with E-state index < -0.39 is 0 Å². The van der Waals surface area contributed by atoms with Gasteiger partial charge in [0.05, 0.1) is 5.69 Å². The molecule has 0 atom stereocenters. The van der Waals surface area contributed by atoms with Crippen LogP contribution in [0.15, 0.2) is 60.7 Å². The van der Waals surface area contributed by atoms with Crippen molar-refractivity contribution < 1.29 is 9.59 Å². The number of carbonyl (C=O) groups excluding carboxylic acids is 2. The fraction of sp³-hybridized carbons (Fsp3) is 0.227. The van der Waals surface area contributed by atoms with Crippen molar-refractivity contribution in [2.24, 2.45) is 7.05 Å². The highest BCUT2D eigenvalue weighted by molar-refractivity contribution is 6.04. The molecule has 148 valence electrons. The quantitative estimate of drug-likeness (QED) is 0.709. The topological polar surface area (TPSA) is 79.3 Å². The van der Waals surface area contributed by atoms with Crippen molar-refractivity contribution in [1.82, 2.24) is 14.7 Å². The standard InChI is InChI=1S/C22H23N5O2/c1-26-20(24-21(28)17-7-3-2-4-8-17)15-19(25-26)16-9-11-18(12-10-16)23-22(29)27-13-5-6-14-27/h2-4,7-12,15H,5-6,13-14H2,1H3,(H,23,29)(H,24,28). The minimum atomic E-state index is -0.180. The number of hydrogen-bond acceptors (Lipinski definition) is 3. The van der Waals surface area contributed by atoms with Crippen LogP contribution in [-0.2, 0) is 7.05 Å². The normalized spacial score (nSPS) is 13.3. The number of benzene rings is 2. The van der Waals surface area contributed by atoms with E-state index in [0.29, 0.717) is 11.4 Å². The van der Waals surface area contributed by atoms with Crippen LogP contribution >= 0.6 is 0 Å². The lowest BCUT2D eigenvalue weighted by atomic mass is 10.1. The van der Waals surface area contributed by atoms with Crippen LogP contribution in [0, 0.1) is 0 Å². The second-order valence-corrected chi connectivity index (χ2v) is 7.06. The Bertz CT molecular complexity index is 1010. The van der Waals surface area contributed by atoms with Crippen molar-refractivity contribution in [3.8, 4) is 11.3 Å². The van der Waals surface area contributed by atoms with Gasteiger partial charge in [-0.3, -0.25) is 9.48 Å². The molecule has 0 aliphatic carbocycles. The summed E-state index contributed by atoms with van der Waals surface area (Å²) in [6.07, 6.45) is 2.13. The van der Waals surface area contributed by atoms with Crippen LogP contribution in [0.1, 0.15) is 23.2 Å². The zero-order valence-electron chi connectivity index (χ0n) is 16.3. The first-order chi connectivity index (χ1) is 14.1. The predicted octanol–water partition coefficient (Wildman–Crippen LogP) is 3.97. The van der Waals surface area contributed by atoms with Gasteiger partial charge in [-0.15, -0.1) is 0 Å². The van der Waals surface area contributed by atoms with Crippen molar-refractivity contribution in [1.29, 1.82) is 0 Å². The Balaban J connectivity index is 1.44. The molecule has 1 saturated heterocycles. The summed E-state index contributed by atoms with van der Waals surface area (Å²) < 4.78 is 1.64. The van der Waals surface area contributed by atoms with Crippen molar-refractivity contribution >= 4 is 23.4 Å². The number of rotatable bonds is 4. The molecular weight excluding hydrogens is 366 g/mol. The third-order valence-electron chi connectivity index (χ3n) is 4.98. The van der Waals surface area contributed by atoms with Gasteiger partial charge in [0.2, 0.25) is 0 Å². The second-order valence-electron chi connectivity index (χ2n) is 7.06. The second kappa shape index (κ2) is 8.18. The van der Waals surface area contributed by atoms with Gasteiger partial charge in [-0.05, 0) is 37.1 Å². The van der Waals surface area contributed by atoms with E-state index in [4.69, 9.17) is 0 Å². The van der Waals surface area contributed by atoms with Crippen molar-refractivity contribution in [2.45, 2.75) is 12.8 Å². The number of nitrogens with one attached hydrogen (secondary N) is 2. The molecule has 2 heterocycles. The van der Waals surface area contributed by atoms with Gasteiger partial charge in [0, 0.05) is 43.0 Å². The highest BCUT2D eigenvalue weighted by atomic mass is 16.2. The number of urea groups is 1. The number of nitrogens with zero attached hydrogens (tertiary/aromatic N) is 3. The maximum absolute atomic E-state index is 12.4. The first-order valence-corrected chi connectivity index (χ1v) is 9.67. The molecule has 1 aliphatic heterocycles. The number of carbonyl (C=O) groups is 2. The first kappa shape index (κ1) is 18.7. The zero-order chi connectivity index (χ0) is 20.2. The van der Waals surface area contributed by atoms with Gasteiger partial charge in [-0.2, -0.15) is 5.10 Å². The van der Waals surface area contributed by atoms with Gasteiger partial charge < -0.3 is 15.5 Å². The number of amides is 3. The van der Waals surface area contributed by atoms with Gasteiger partial charge in [0.25, 0.3) is 5.91 Å². The van der Waals surface area contributed by atoms with E-state index in [-0.39, 0.29) is 11.9 Å². The summed E-state index contributed by atoms with van der Waals surface area (Å²) in [7, 11) is 1.79. The number of aromatic nitrogens is 2. The van der Waals surface area contributed by atoms with E-state index in [2.05, 4.69) is 15.7 Å². The summed E-state index contributed by atoms with van der Waals surface area (Å²) in [5.74, 6) is 0.431. The summed E-state index contributed by atoms with van der Waals surface area (Å²) in [5, 5.41) is 10.3. The maximum atomic E-state index is 12.4. The molecule has 0 spiro atoms. The molecule has 7 heteroatoms. The van der Waals surface area contributed by atoms with Crippen molar-refractivity contribution in [3.05, 3.63) is 66.2 Å². The Kier molecular flexibility index (Phi) is 5.29. The van der Waals surface area contributed by atoms with E-state index in [1.165, 1.54) is 0 Å². The van der Waals surface area contributed by atoms with E-state index in [1.54, 1.807) is 23.9 Å². The Hall–Kier alpha value is -3.61. The Morgan fingerprint density at radius 2 is 1.62 bits per heavy atom. The molecule has 3 aromatic rings. The molecule has 3 amide bonds. The van der Waals surface area contributed by atoms with E-state index >= 15 is 0 Å². The average Bonchev–Trinajstić information content (AvgIpc) is 3.40. The SMILES string of the molecule is Cn1nc(-c2ccc(NC(=O)N3CCCC3)cc2)cc1NC(=O)c1ccccc1. The molecule has 0 radical (unpaired) electrons. The molecule has 0 saturated carbocycles. The van der Waals surface area contributed by atoms with Crippen LogP contribution in [-0.4, -0.2) is 39.7 Å². The summed E-state index contributed by atoms with van der Waals surface area (Å²) >= 11 is 0. The van der Waals surface area contributed by atoms with E-state index in [9.17, 15) is 9.59 Å². The summed E-state index contributed by atoms with van der Waals surface area (Å²) in [5.41, 5.74) is 2.99. The van der Waals surface area contributed by atoms with E-state index in [0.717, 1.165) is 42.9 Å². The average molecular weight is 389 g/mol. The molecule has 1 aromatic heterocycles. The van der Waals surface area contributed by atoms with Crippen LogP contribution in [0.5, 0.6) is 0 Å².